The molecule has 0 fully saturated rings. The predicted molar refractivity (Wildman–Crippen MR) is 83.1 cm³/mol. The molecule has 0 unspecified atom stereocenters. The third-order valence-electron chi connectivity index (χ3n) is 3.40. The van der Waals surface area contributed by atoms with Crippen molar-refractivity contribution in [1.82, 2.24) is 10.6 Å². The number of carbonyl (C=O) groups excluding carboxylic acids is 1. The van der Waals surface area contributed by atoms with Crippen molar-refractivity contribution < 1.29 is 18.3 Å². The van der Waals surface area contributed by atoms with Crippen molar-refractivity contribution in [2.24, 2.45) is 0 Å². The van der Waals surface area contributed by atoms with Crippen LogP contribution >= 0.6 is 0 Å². The van der Waals surface area contributed by atoms with E-state index in [0.29, 0.717) is 12.1 Å². The SMILES string of the molecule is COc1ccc(CNC(=O)N[C@H](C)c2ccc(F)c(F)c2)cc1. The number of carbonyl (C=O) groups is 1. The molecule has 0 saturated heterocycles. The van der Waals surface area contributed by atoms with Crippen LogP contribution in [0.5, 0.6) is 5.75 Å². The number of hydrogen-bond donors (Lipinski definition) is 2. The number of amides is 2. The Morgan fingerprint density at radius 1 is 1.13 bits per heavy atom. The Kier molecular flexibility index (Phi) is 5.51. The van der Waals surface area contributed by atoms with Crippen molar-refractivity contribution in [1.29, 1.82) is 0 Å². The van der Waals surface area contributed by atoms with E-state index in [1.54, 1.807) is 26.2 Å². The van der Waals surface area contributed by atoms with E-state index in [1.807, 2.05) is 12.1 Å². The number of urea groups is 1. The fourth-order valence-corrected chi connectivity index (χ4v) is 2.04. The summed E-state index contributed by atoms with van der Waals surface area (Å²) < 4.78 is 31.2. The molecule has 0 radical (unpaired) electrons. The third-order valence-corrected chi connectivity index (χ3v) is 3.40. The molecule has 2 amide bonds. The predicted octanol–water partition coefficient (Wildman–Crippen LogP) is 3.53. The van der Waals surface area contributed by atoms with Crippen molar-refractivity contribution in [2.45, 2.75) is 19.5 Å². The summed E-state index contributed by atoms with van der Waals surface area (Å²) in [6.45, 7) is 2.04. The molecule has 0 saturated carbocycles. The maximum absolute atomic E-state index is 13.2. The zero-order chi connectivity index (χ0) is 16.8. The van der Waals surface area contributed by atoms with Crippen molar-refractivity contribution >= 4 is 6.03 Å². The first kappa shape index (κ1) is 16.7. The van der Waals surface area contributed by atoms with Gasteiger partial charge in [0.15, 0.2) is 11.6 Å². The van der Waals surface area contributed by atoms with E-state index in [4.69, 9.17) is 4.74 Å². The van der Waals surface area contributed by atoms with Gasteiger partial charge in [0.05, 0.1) is 13.2 Å². The molecule has 0 spiro atoms. The van der Waals surface area contributed by atoms with E-state index in [1.165, 1.54) is 6.07 Å². The van der Waals surface area contributed by atoms with Gasteiger partial charge in [0, 0.05) is 6.54 Å². The van der Waals surface area contributed by atoms with Crippen LogP contribution in [-0.2, 0) is 6.54 Å². The Morgan fingerprint density at radius 2 is 1.83 bits per heavy atom. The molecule has 6 heteroatoms. The van der Waals surface area contributed by atoms with Crippen molar-refractivity contribution in [2.75, 3.05) is 7.11 Å². The van der Waals surface area contributed by atoms with Crippen LogP contribution in [-0.4, -0.2) is 13.1 Å². The topological polar surface area (TPSA) is 50.4 Å². The molecular weight excluding hydrogens is 302 g/mol. The molecule has 0 aliphatic carbocycles. The number of methoxy groups -OCH3 is 1. The molecule has 1 atom stereocenters. The molecule has 4 nitrogen and oxygen atoms in total. The van der Waals surface area contributed by atoms with Gasteiger partial charge in [0.1, 0.15) is 5.75 Å². The average Bonchev–Trinajstić information content (AvgIpc) is 2.55. The maximum Gasteiger partial charge on any atom is 0.315 e. The molecule has 122 valence electrons. The number of rotatable bonds is 5. The molecule has 23 heavy (non-hydrogen) atoms. The minimum absolute atomic E-state index is 0.348. The van der Waals surface area contributed by atoms with Gasteiger partial charge in [-0.2, -0.15) is 0 Å². The summed E-state index contributed by atoms with van der Waals surface area (Å²) in [5.41, 5.74) is 1.41. The molecule has 0 heterocycles. The van der Waals surface area contributed by atoms with Gasteiger partial charge in [0.2, 0.25) is 0 Å². The van der Waals surface area contributed by atoms with Crippen LogP contribution in [0.4, 0.5) is 13.6 Å². The van der Waals surface area contributed by atoms with Crippen LogP contribution in [0.25, 0.3) is 0 Å². The monoisotopic (exact) mass is 320 g/mol. The largest absolute Gasteiger partial charge is 0.497 e. The standard InChI is InChI=1S/C17H18F2N2O2/c1-11(13-5-8-15(18)16(19)9-13)21-17(22)20-10-12-3-6-14(23-2)7-4-12/h3-9,11H,10H2,1-2H3,(H2,20,21,22)/t11-/m1/s1. The highest BCUT2D eigenvalue weighted by Gasteiger charge is 2.11. The Morgan fingerprint density at radius 3 is 2.43 bits per heavy atom. The lowest BCUT2D eigenvalue weighted by atomic mass is 10.1. The second-order valence-corrected chi connectivity index (χ2v) is 5.07. The van der Waals surface area contributed by atoms with E-state index < -0.39 is 23.7 Å². The number of halogens is 2. The van der Waals surface area contributed by atoms with E-state index in [0.717, 1.165) is 23.4 Å². The minimum atomic E-state index is -0.935. The van der Waals surface area contributed by atoms with Gasteiger partial charge in [-0.05, 0) is 42.3 Å². The van der Waals surface area contributed by atoms with Crippen LogP contribution < -0.4 is 15.4 Å². The average molecular weight is 320 g/mol. The van der Waals surface area contributed by atoms with Crippen LogP contribution in [0.1, 0.15) is 24.1 Å². The highest BCUT2D eigenvalue weighted by Crippen LogP contribution is 2.16. The van der Waals surface area contributed by atoms with E-state index >= 15 is 0 Å². The van der Waals surface area contributed by atoms with Crippen LogP contribution in [0.2, 0.25) is 0 Å². The van der Waals surface area contributed by atoms with E-state index in [9.17, 15) is 13.6 Å². The fourth-order valence-electron chi connectivity index (χ4n) is 2.04. The highest BCUT2D eigenvalue weighted by molar-refractivity contribution is 5.74. The first-order valence-corrected chi connectivity index (χ1v) is 7.12. The minimum Gasteiger partial charge on any atom is -0.497 e. The fraction of sp³-hybridized carbons (Fsp3) is 0.235. The molecule has 0 aromatic heterocycles. The number of nitrogens with one attached hydrogen (secondary N) is 2. The summed E-state index contributed by atoms with van der Waals surface area (Å²) in [4.78, 5) is 11.9. The maximum atomic E-state index is 13.2. The Labute approximate surface area is 133 Å². The summed E-state index contributed by atoms with van der Waals surface area (Å²) in [6, 6.07) is 10.0. The first-order valence-electron chi connectivity index (χ1n) is 7.12. The zero-order valence-corrected chi connectivity index (χ0v) is 12.9. The molecule has 0 aliphatic heterocycles. The van der Waals surface area contributed by atoms with E-state index in [2.05, 4.69) is 10.6 Å². The molecule has 2 aromatic carbocycles. The van der Waals surface area contributed by atoms with Gasteiger partial charge in [-0.1, -0.05) is 18.2 Å². The molecule has 2 aromatic rings. The second-order valence-electron chi connectivity index (χ2n) is 5.07. The zero-order valence-electron chi connectivity index (χ0n) is 12.9. The van der Waals surface area contributed by atoms with Gasteiger partial charge < -0.3 is 15.4 Å². The molecule has 0 bridgehead atoms. The third kappa shape index (κ3) is 4.67. The Balaban J connectivity index is 1.86. The van der Waals surface area contributed by atoms with Gasteiger partial charge in [-0.15, -0.1) is 0 Å². The second kappa shape index (κ2) is 7.58. The molecule has 0 aliphatic rings. The van der Waals surface area contributed by atoms with Gasteiger partial charge in [-0.25, -0.2) is 13.6 Å². The lowest BCUT2D eigenvalue weighted by molar-refractivity contribution is 0.237. The van der Waals surface area contributed by atoms with Gasteiger partial charge in [0.25, 0.3) is 0 Å². The van der Waals surface area contributed by atoms with Crippen molar-refractivity contribution in [3.8, 4) is 5.75 Å². The van der Waals surface area contributed by atoms with Crippen LogP contribution in [0, 0.1) is 11.6 Å². The van der Waals surface area contributed by atoms with E-state index in [-0.39, 0.29) is 0 Å². The number of hydrogen-bond acceptors (Lipinski definition) is 2. The number of benzene rings is 2. The van der Waals surface area contributed by atoms with Gasteiger partial charge >= 0.3 is 6.03 Å². The summed E-state index contributed by atoms with van der Waals surface area (Å²) >= 11 is 0. The summed E-state index contributed by atoms with van der Waals surface area (Å²) in [5.74, 6) is -1.11. The number of ether oxygens (including phenoxy) is 1. The smallest absolute Gasteiger partial charge is 0.315 e. The molecular formula is C17H18F2N2O2. The summed E-state index contributed by atoms with van der Waals surface area (Å²) in [5, 5.41) is 5.38. The van der Waals surface area contributed by atoms with Gasteiger partial charge in [-0.3, -0.25) is 0 Å². The highest BCUT2D eigenvalue weighted by atomic mass is 19.2. The van der Waals surface area contributed by atoms with Crippen LogP contribution in [0.15, 0.2) is 42.5 Å². The lowest BCUT2D eigenvalue weighted by Gasteiger charge is -2.15. The summed E-state index contributed by atoms with van der Waals surface area (Å²) in [6.07, 6.45) is 0. The van der Waals surface area contributed by atoms with Crippen molar-refractivity contribution in [3.05, 3.63) is 65.2 Å². The normalized spacial score (nSPS) is 11.7. The summed E-state index contributed by atoms with van der Waals surface area (Å²) in [7, 11) is 1.58. The Bertz CT molecular complexity index is 675. The quantitative estimate of drug-likeness (QED) is 0.885. The van der Waals surface area contributed by atoms with Crippen LogP contribution in [0.3, 0.4) is 0 Å². The first-order chi connectivity index (χ1) is 11.0. The van der Waals surface area contributed by atoms with Crippen molar-refractivity contribution in [3.63, 3.8) is 0 Å². The Hall–Kier alpha value is -2.63. The molecule has 2 rings (SSSR count). The lowest BCUT2D eigenvalue weighted by Crippen LogP contribution is -2.36. The molecule has 2 N–H and O–H groups in total.